The van der Waals surface area contributed by atoms with Crippen molar-refractivity contribution in [1.29, 1.82) is 0 Å². The lowest BCUT2D eigenvalue weighted by Gasteiger charge is -2.43. The van der Waals surface area contributed by atoms with E-state index in [1.807, 2.05) is 15.9 Å². The Hall–Kier alpha value is -1.53. The zero-order chi connectivity index (χ0) is 20.9. The summed E-state index contributed by atoms with van der Waals surface area (Å²) in [6, 6.07) is 8.67. The summed E-state index contributed by atoms with van der Waals surface area (Å²) in [5, 5.41) is 0. The van der Waals surface area contributed by atoms with Crippen LogP contribution in [0.5, 0.6) is 0 Å². The van der Waals surface area contributed by atoms with Crippen LogP contribution in [-0.2, 0) is 15.7 Å². The van der Waals surface area contributed by atoms with Crippen LogP contribution in [0, 0.1) is 0 Å². The molecule has 2 aliphatic heterocycles. The van der Waals surface area contributed by atoms with E-state index in [4.69, 9.17) is 9.31 Å². The van der Waals surface area contributed by atoms with E-state index < -0.39 is 18.3 Å². The average Bonchev–Trinajstić information content (AvgIpc) is 2.80. The summed E-state index contributed by atoms with van der Waals surface area (Å²) < 4.78 is 12.8. The summed E-state index contributed by atoms with van der Waals surface area (Å²) in [4.78, 5) is 17.5. The summed E-state index contributed by atoms with van der Waals surface area (Å²) in [5.74, 6) is -0.251. The fourth-order valence-corrected chi connectivity index (χ4v) is 4.31. The van der Waals surface area contributed by atoms with E-state index in [0.717, 1.165) is 12.0 Å². The van der Waals surface area contributed by atoms with Crippen LogP contribution >= 0.6 is 0 Å². The number of hydrogen-bond donors (Lipinski definition) is 0. The molecule has 154 valence electrons. The van der Waals surface area contributed by atoms with Gasteiger partial charge in [-0.15, -0.1) is 0 Å². The maximum Gasteiger partial charge on any atom is 0.487 e. The number of rotatable bonds is 3. The quantitative estimate of drug-likeness (QED) is 0.721. The molecule has 1 fully saturated rings. The maximum absolute atomic E-state index is 13.6. The Morgan fingerprint density at radius 1 is 1.07 bits per heavy atom. The summed E-state index contributed by atoms with van der Waals surface area (Å²) in [7, 11) is -0.489. The van der Waals surface area contributed by atoms with E-state index >= 15 is 0 Å². The van der Waals surface area contributed by atoms with Crippen LogP contribution in [0.1, 0.15) is 72.5 Å². The second kappa shape index (κ2) is 7.38. The minimum absolute atomic E-state index is 0.0548. The van der Waals surface area contributed by atoms with Crippen molar-refractivity contribution in [1.82, 2.24) is 9.80 Å². The van der Waals surface area contributed by atoms with Gasteiger partial charge in [-0.25, -0.2) is 4.79 Å². The Bertz CT molecular complexity index is 708. The van der Waals surface area contributed by atoms with Crippen LogP contribution < -0.4 is 0 Å². The van der Waals surface area contributed by atoms with Gasteiger partial charge in [-0.1, -0.05) is 24.3 Å². The lowest BCUT2D eigenvalue weighted by Crippen LogP contribution is -2.55. The van der Waals surface area contributed by atoms with Crippen LogP contribution in [0.15, 0.2) is 24.3 Å². The molecule has 2 amide bonds. The number of urea groups is 1. The molecule has 1 aromatic carbocycles. The second-order valence-corrected chi connectivity index (χ2v) is 9.59. The van der Waals surface area contributed by atoms with Crippen LogP contribution in [0.3, 0.4) is 0 Å². The van der Waals surface area contributed by atoms with Gasteiger partial charge in [-0.05, 0) is 72.9 Å². The van der Waals surface area contributed by atoms with Crippen molar-refractivity contribution < 1.29 is 14.1 Å². The van der Waals surface area contributed by atoms with Gasteiger partial charge in [0.05, 0.1) is 17.1 Å². The Kier molecular flexibility index (Phi) is 5.58. The van der Waals surface area contributed by atoms with Crippen LogP contribution in [0.25, 0.3) is 0 Å². The van der Waals surface area contributed by atoms with Gasteiger partial charge in [0.15, 0.2) is 0 Å². The number of nitrogens with zero attached hydrogens (tertiary/aromatic N) is 2. The third kappa shape index (κ3) is 3.57. The second-order valence-electron chi connectivity index (χ2n) is 9.59. The van der Waals surface area contributed by atoms with Crippen molar-refractivity contribution in [2.45, 2.75) is 91.0 Å². The first-order valence-corrected chi connectivity index (χ1v) is 10.5. The van der Waals surface area contributed by atoms with Crippen molar-refractivity contribution >= 4 is 13.1 Å². The molecular formula is C22H35BN2O3. The Balaban J connectivity index is 2.02. The van der Waals surface area contributed by atoms with Crippen molar-refractivity contribution in [2.75, 3.05) is 6.54 Å². The van der Waals surface area contributed by atoms with Gasteiger partial charge in [0, 0.05) is 18.6 Å². The molecule has 0 aliphatic carbocycles. The van der Waals surface area contributed by atoms with E-state index in [2.05, 4.69) is 73.6 Å². The van der Waals surface area contributed by atoms with E-state index in [1.165, 1.54) is 5.56 Å². The standard InChI is InChI=1S/C22H35BN2O3/c1-15(2)25(16(3)4)20(26)24-14-13-17-11-9-10-12-18(17)19(24)23-27-21(5,6)22(7,8)28-23/h9-12,15-16,19H,13-14H2,1-8H3/t19-/m0/s1. The topological polar surface area (TPSA) is 42.0 Å². The highest BCUT2D eigenvalue weighted by Crippen LogP contribution is 2.44. The summed E-state index contributed by atoms with van der Waals surface area (Å²) in [6.07, 6.45) is 0.849. The Labute approximate surface area is 170 Å². The maximum atomic E-state index is 13.6. The first-order chi connectivity index (χ1) is 13.0. The predicted molar refractivity (Wildman–Crippen MR) is 113 cm³/mol. The monoisotopic (exact) mass is 386 g/mol. The highest BCUT2D eigenvalue weighted by molar-refractivity contribution is 6.48. The van der Waals surface area contributed by atoms with Gasteiger partial charge < -0.3 is 19.1 Å². The fourth-order valence-electron chi connectivity index (χ4n) is 4.31. The number of amides is 2. The van der Waals surface area contributed by atoms with E-state index in [9.17, 15) is 4.79 Å². The largest absolute Gasteiger partial charge is 0.487 e. The molecule has 1 atom stereocenters. The molecule has 0 bridgehead atoms. The van der Waals surface area contributed by atoms with Gasteiger partial charge in [0.1, 0.15) is 0 Å². The van der Waals surface area contributed by atoms with Crippen molar-refractivity contribution in [3.63, 3.8) is 0 Å². The summed E-state index contributed by atoms with van der Waals surface area (Å²) in [5.41, 5.74) is 1.53. The first kappa shape index (κ1) is 21.2. The normalized spacial score (nSPS) is 23.3. The molecule has 0 spiro atoms. The SMILES string of the molecule is CC(C)N(C(=O)N1CCc2ccccc2[C@H]1B1OC(C)(C)C(C)(C)O1)C(C)C. The molecule has 0 aromatic heterocycles. The molecule has 1 saturated heterocycles. The Morgan fingerprint density at radius 3 is 2.14 bits per heavy atom. The third-order valence-corrected chi connectivity index (χ3v) is 6.44. The molecule has 2 heterocycles. The minimum Gasteiger partial charge on any atom is -0.402 e. The Morgan fingerprint density at radius 2 is 1.61 bits per heavy atom. The van der Waals surface area contributed by atoms with Gasteiger partial charge >= 0.3 is 13.1 Å². The lowest BCUT2D eigenvalue weighted by molar-refractivity contribution is 0.00578. The molecule has 2 aliphatic rings. The number of hydrogen-bond acceptors (Lipinski definition) is 3. The summed E-state index contributed by atoms with van der Waals surface area (Å²) in [6.45, 7) is 17.2. The molecule has 0 saturated carbocycles. The van der Waals surface area contributed by atoms with Gasteiger partial charge in [-0.2, -0.15) is 0 Å². The molecule has 0 radical (unpaired) electrons. The highest BCUT2D eigenvalue weighted by atomic mass is 16.7. The molecule has 1 aromatic rings. The number of carbonyl (C=O) groups is 1. The van der Waals surface area contributed by atoms with E-state index in [0.29, 0.717) is 6.54 Å². The smallest absolute Gasteiger partial charge is 0.402 e. The van der Waals surface area contributed by atoms with Crippen molar-refractivity contribution in [2.24, 2.45) is 0 Å². The van der Waals surface area contributed by atoms with Gasteiger partial charge in [-0.3, -0.25) is 0 Å². The number of fused-ring (bicyclic) bond motifs is 1. The third-order valence-electron chi connectivity index (χ3n) is 6.44. The predicted octanol–water partition coefficient (Wildman–Crippen LogP) is 4.46. The zero-order valence-corrected chi connectivity index (χ0v) is 18.7. The lowest BCUT2D eigenvalue weighted by atomic mass is 9.69. The molecule has 0 N–H and O–H groups in total. The number of carbonyl (C=O) groups excluding carboxylic acids is 1. The first-order valence-electron chi connectivity index (χ1n) is 10.5. The molecule has 3 rings (SSSR count). The van der Waals surface area contributed by atoms with Gasteiger partial charge in [0.25, 0.3) is 0 Å². The molecule has 0 unspecified atom stereocenters. The molecule has 6 heteroatoms. The average molecular weight is 386 g/mol. The van der Waals surface area contributed by atoms with Crippen LogP contribution in [0.2, 0.25) is 0 Å². The zero-order valence-electron chi connectivity index (χ0n) is 18.7. The molecule has 28 heavy (non-hydrogen) atoms. The summed E-state index contributed by atoms with van der Waals surface area (Å²) >= 11 is 0. The highest BCUT2D eigenvalue weighted by Gasteiger charge is 2.57. The van der Waals surface area contributed by atoms with E-state index in [-0.39, 0.29) is 24.1 Å². The molecule has 5 nitrogen and oxygen atoms in total. The fraction of sp³-hybridized carbons (Fsp3) is 0.682. The van der Waals surface area contributed by atoms with Gasteiger partial charge in [0.2, 0.25) is 0 Å². The van der Waals surface area contributed by atoms with Crippen LogP contribution in [-0.4, -0.2) is 52.8 Å². The van der Waals surface area contributed by atoms with Crippen LogP contribution in [0.4, 0.5) is 4.79 Å². The van der Waals surface area contributed by atoms with Crippen molar-refractivity contribution in [3.8, 4) is 0 Å². The minimum atomic E-state index is -0.489. The molecular weight excluding hydrogens is 351 g/mol. The van der Waals surface area contributed by atoms with Crippen molar-refractivity contribution in [3.05, 3.63) is 35.4 Å². The number of benzene rings is 1. The van der Waals surface area contributed by atoms with E-state index in [1.54, 1.807) is 0 Å².